The van der Waals surface area contributed by atoms with Gasteiger partial charge in [-0.1, -0.05) is 59.8 Å². The van der Waals surface area contributed by atoms with E-state index >= 15 is 0 Å². The Kier molecular flexibility index (Phi) is 21.2. The van der Waals surface area contributed by atoms with Gasteiger partial charge < -0.3 is 62.8 Å². The third kappa shape index (κ3) is 16.7. The van der Waals surface area contributed by atoms with Gasteiger partial charge in [0.05, 0.1) is 31.6 Å². The summed E-state index contributed by atoms with van der Waals surface area (Å²) < 4.78 is 6.49. The molecule has 23 nitrogen and oxygen atoms in total. The lowest BCUT2D eigenvalue weighted by Gasteiger charge is -2.39. The van der Waals surface area contributed by atoms with Crippen molar-refractivity contribution >= 4 is 47.1 Å². The Morgan fingerprint density at radius 3 is 1.99 bits per heavy atom. The van der Waals surface area contributed by atoms with Gasteiger partial charge in [-0.2, -0.15) is 0 Å². The highest BCUT2D eigenvalue weighted by atomic mass is 16.6. The summed E-state index contributed by atoms with van der Waals surface area (Å²) in [5.41, 5.74) is 6.93. The number of aliphatic hydroxyl groups excluding tert-OH is 4. The molecule has 23 heteroatoms. The molecule has 4 rings (SSSR count). The first-order valence-electron chi connectivity index (χ1n) is 21.8. The number of hydrogen-bond acceptors (Lipinski definition) is 15. The minimum absolute atomic E-state index is 0.0910. The van der Waals surface area contributed by atoms with E-state index in [0.29, 0.717) is 48.9 Å². The number of terminal acetylenes is 1. The van der Waals surface area contributed by atoms with Crippen LogP contribution < -0.4 is 37.6 Å². The van der Waals surface area contributed by atoms with Gasteiger partial charge in [-0.05, 0) is 31.2 Å². The predicted molar refractivity (Wildman–Crippen MR) is 239 cm³/mol. The molecule has 3 aromatic rings. The van der Waals surface area contributed by atoms with Crippen molar-refractivity contribution in [2.75, 3.05) is 26.2 Å². The molecule has 12 N–H and O–H groups in total. The molecular formula is C45H58N10O13. The molecule has 8 atom stereocenters. The zero-order valence-electron chi connectivity index (χ0n) is 37.3. The molecule has 2 heterocycles. The average Bonchev–Trinajstić information content (AvgIpc) is 3.79. The Balaban J connectivity index is 1.39. The molecule has 0 unspecified atom stereocenters. The second-order valence-corrected chi connectivity index (χ2v) is 15.9. The largest absolute Gasteiger partial charge is 0.394 e. The van der Waals surface area contributed by atoms with Gasteiger partial charge in [0.25, 0.3) is 0 Å². The quantitative estimate of drug-likeness (QED) is 0.0212. The van der Waals surface area contributed by atoms with Gasteiger partial charge in [0, 0.05) is 50.3 Å². The van der Waals surface area contributed by atoms with Crippen molar-refractivity contribution in [3.05, 3.63) is 83.2 Å². The Morgan fingerprint density at radius 1 is 0.765 bits per heavy atom. The van der Waals surface area contributed by atoms with Crippen LogP contribution in [-0.2, 0) is 51.1 Å². The van der Waals surface area contributed by atoms with Crippen molar-refractivity contribution in [3.63, 3.8) is 0 Å². The maximum atomic E-state index is 13.6. The minimum Gasteiger partial charge on any atom is -0.394 e. The number of rotatable bonds is 26. The topological polar surface area (TPSA) is 356 Å². The second kappa shape index (κ2) is 26.9. The van der Waals surface area contributed by atoms with Gasteiger partial charge >= 0.3 is 0 Å². The first-order chi connectivity index (χ1) is 32.5. The van der Waals surface area contributed by atoms with Crippen LogP contribution >= 0.6 is 0 Å². The molecule has 366 valence electrons. The lowest BCUT2D eigenvalue weighted by molar-refractivity contribution is -0.254. The van der Waals surface area contributed by atoms with Crippen molar-refractivity contribution in [2.45, 2.75) is 107 Å². The number of aliphatic hydroxyl groups is 4. The van der Waals surface area contributed by atoms with Crippen LogP contribution in [0.15, 0.2) is 60.8 Å². The monoisotopic (exact) mass is 946 g/mol. The molecule has 0 bridgehead atoms. The van der Waals surface area contributed by atoms with E-state index < -0.39 is 104 Å². The van der Waals surface area contributed by atoms with Gasteiger partial charge in [0.1, 0.15) is 42.5 Å². The number of ether oxygens (including phenoxy) is 1. The third-order valence-electron chi connectivity index (χ3n) is 10.6. The number of carbonyl (C=O) groups excluding carboxylic acids is 8. The molecule has 0 saturated carbocycles. The van der Waals surface area contributed by atoms with E-state index in [1.165, 1.54) is 6.20 Å². The number of hydrogen-bond donors (Lipinski definition) is 11. The zero-order valence-corrected chi connectivity index (χ0v) is 37.3. The average molecular weight is 947 g/mol. The van der Waals surface area contributed by atoms with Crippen LogP contribution in [-0.4, -0.2) is 151 Å². The fourth-order valence-electron chi connectivity index (χ4n) is 6.99. The molecule has 1 aromatic heterocycles. The minimum atomic E-state index is -1.70. The van der Waals surface area contributed by atoms with Crippen LogP contribution in [0.1, 0.15) is 78.9 Å². The van der Waals surface area contributed by atoms with Crippen LogP contribution in [0.4, 0.5) is 0 Å². The summed E-state index contributed by atoms with van der Waals surface area (Å²) in [4.78, 5) is 102. The van der Waals surface area contributed by atoms with Crippen molar-refractivity contribution in [3.8, 4) is 12.3 Å². The number of benzene rings is 2. The van der Waals surface area contributed by atoms with E-state index in [1.54, 1.807) is 54.6 Å². The summed E-state index contributed by atoms with van der Waals surface area (Å²) in [7, 11) is 0. The molecular weight excluding hydrogens is 889 g/mol. The first kappa shape index (κ1) is 53.5. The van der Waals surface area contributed by atoms with E-state index in [1.807, 2.05) is 0 Å². The number of amides is 7. The van der Waals surface area contributed by atoms with Gasteiger partial charge in [0.15, 0.2) is 12.0 Å². The number of nitrogens with two attached hydrogens (primary N) is 1. The lowest BCUT2D eigenvalue weighted by Crippen LogP contribution is -2.56. The van der Waals surface area contributed by atoms with E-state index in [4.69, 9.17) is 16.9 Å². The number of primary amides is 1. The Labute approximate surface area is 391 Å². The molecule has 1 aliphatic heterocycles. The smallest absolute Gasteiger partial charge is 0.243 e. The lowest BCUT2D eigenvalue weighted by atomic mass is 9.98. The van der Waals surface area contributed by atoms with Crippen LogP contribution in [0.25, 0.3) is 0 Å². The number of nitrogens with one attached hydrogen (secondary N) is 6. The fourth-order valence-corrected chi connectivity index (χ4v) is 6.99. The van der Waals surface area contributed by atoms with E-state index in [0.717, 1.165) is 11.6 Å². The number of unbranched alkanes of at least 4 members (excludes halogenated alkanes) is 2. The number of ketones is 1. The molecule has 2 aromatic carbocycles. The summed E-state index contributed by atoms with van der Waals surface area (Å²) in [6.07, 6.45) is 0.801. The Bertz CT molecular complexity index is 2250. The highest BCUT2D eigenvalue weighted by Crippen LogP contribution is 2.28. The highest BCUT2D eigenvalue weighted by Gasteiger charge is 2.45. The summed E-state index contributed by atoms with van der Waals surface area (Å²) in [6, 6.07) is 11.1. The fraction of sp³-hybridized carbons (Fsp3) is 0.467. The Hall–Kier alpha value is -7.10. The molecule has 1 aliphatic rings. The summed E-state index contributed by atoms with van der Waals surface area (Å²) in [5.74, 6) is -2.66. The molecule has 0 spiro atoms. The van der Waals surface area contributed by atoms with Gasteiger partial charge in [-0.15, -0.1) is 17.4 Å². The van der Waals surface area contributed by atoms with Gasteiger partial charge in [-0.3, -0.25) is 38.4 Å². The zero-order chi connectivity index (χ0) is 49.8. The van der Waals surface area contributed by atoms with Crippen LogP contribution in [0, 0.1) is 12.3 Å². The second-order valence-electron chi connectivity index (χ2n) is 15.9. The number of carbonyl (C=O) groups is 8. The van der Waals surface area contributed by atoms with Crippen LogP contribution in [0.2, 0.25) is 0 Å². The molecule has 1 saturated heterocycles. The van der Waals surface area contributed by atoms with Gasteiger partial charge in [-0.25, -0.2) is 4.68 Å². The van der Waals surface area contributed by atoms with E-state index in [9.17, 15) is 58.8 Å². The van der Waals surface area contributed by atoms with E-state index in [2.05, 4.69) is 48.1 Å². The Morgan fingerprint density at radius 2 is 1.38 bits per heavy atom. The molecule has 7 amide bonds. The summed E-state index contributed by atoms with van der Waals surface area (Å²) >= 11 is 0. The summed E-state index contributed by atoms with van der Waals surface area (Å²) in [5, 5.41) is 63.1. The standard InChI is InChI=1S/C45H58N10O13/c1-3-4-6-14-35(58)47-19-10-9-13-31(42(46)65)51-36(59)22-48-43(66)32(20-27-15-17-29(18-16-27)38(61)28-11-7-5-8-12-28)52-37(60)23-49-44(67)33(50-26(2)57)21-30-24-55(54-53-30)45-41(64)40(63)39(62)34(25-56)68-45/h1,5,7-8,11-12,15-18,24,31-34,39-41,45,56,62-64H,4,6,9-10,13-14,19-23,25H2,2H3,(H2,46,65)(H,47,58)(H,48,66)(H,49,67)(H,50,57)(H,51,59)(H,52,60)/t31-,32-,33-,34+,39-,40-,41+,45+/m0/s1. The normalized spacial score (nSPS) is 18.9. The number of nitrogens with zero attached hydrogens (tertiary/aromatic N) is 3. The van der Waals surface area contributed by atoms with Gasteiger partial charge in [0.2, 0.25) is 41.4 Å². The van der Waals surface area contributed by atoms with Crippen LogP contribution in [0.3, 0.4) is 0 Å². The molecule has 0 radical (unpaired) electrons. The van der Waals surface area contributed by atoms with Crippen LogP contribution in [0.5, 0.6) is 0 Å². The van der Waals surface area contributed by atoms with Crippen molar-refractivity contribution in [2.24, 2.45) is 5.73 Å². The predicted octanol–water partition coefficient (Wildman–Crippen LogP) is -3.45. The maximum Gasteiger partial charge on any atom is 0.243 e. The maximum absolute atomic E-state index is 13.6. The highest BCUT2D eigenvalue weighted by molar-refractivity contribution is 6.09. The van der Waals surface area contributed by atoms with E-state index in [-0.39, 0.29) is 43.1 Å². The molecule has 1 fully saturated rings. The molecule has 0 aliphatic carbocycles. The number of aromatic nitrogens is 3. The van der Waals surface area contributed by atoms with Crippen molar-refractivity contribution in [1.29, 1.82) is 0 Å². The van der Waals surface area contributed by atoms with Crippen molar-refractivity contribution in [1.82, 2.24) is 46.9 Å². The SMILES string of the molecule is C#CCCCC(=O)NCCCC[C@H](NC(=O)CNC(=O)[C@H](Cc1ccc(C(=O)c2ccccc2)cc1)NC(=O)CNC(=O)[C@H](Cc1cn([C@@H]2O[C@H](CO)[C@H](O)[C@H](O)[C@H]2O)nn1)NC(C)=O)C(N)=O. The molecule has 68 heavy (non-hydrogen) atoms. The first-order valence-corrected chi connectivity index (χ1v) is 21.8. The van der Waals surface area contributed by atoms with Crippen molar-refractivity contribution < 1.29 is 63.5 Å². The summed E-state index contributed by atoms with van der Waals surface area (Å²) in [6.45, 7) is -0.519. The third-order valence-corrected chi connectivity index (χ3v) is 10.6.